The van der Waals surface area contributed by atoms with Crippen LogP contribution in [0, 0.1) is 6.92 Å². The third kappa shape index (κ3) is 2.08. The summed E-state index contributed by atoms with van der Waals surface area (Å²) in [5.74, 6) is 0. The van der Waals surface area contributed by atoms with Crippen LogP contribution in [0.4, 0.5) is 0 Å². The van der Waals surface area contributed by atoms with Crippen molar-refractivity contribution < 1.29 is 5.11 Å². The molecule has 0 saturated carbocycles. The molecule has 0 unspecified atom stereocenters. The normalized spacial score (nSPS) is 16.0. The van der Waals surface area contributed by atoms with Crippen LogP contribution in [0.25, 0.3) is 0 Å². The molecule has 0 bridgehead atoms. The predicted octanol–water partition coefficient (Wildman–Crippen LogP) is 3.06. The highest BCUT2D eigenvalue weighted by Gasteiger charge is 2.22. The summed E-state index contributed by atoms with van der Waals surface area (Å²) < 4.78 is 0. The van der Waals surface area contributed by atoms with E-state index < -0.39 is 5.60 Å². The highest BCUT2D eigenvalue weighted by molar-refractivity contribution is 7.12. The van der Waals surface area contributed by atoms with Crippen molar-refractivity contribution in [3.05, 3.63) is 21.9 Å². The summed E-state index contributed by atoms with van der Waals surface area (Å²) in [5, 5.41) is 10.0. The fourth-order valence-corrected chi connectivity index (χ4v) is 2.27. The van der Waals surface area contributed by atoms with Gasteiger partial charge in [-0.3, -0.25) is 0 Å². The van der Waals surface area contributed by atoms with Crippen molar-refractivity contribution >= 4 is 11.3 Å². The molecule has 1 heterocycles. The summed E-state index contributed by atoms with van der Waals surface area (Å²) >= 11 is 1.68. The topological polar surface area (TPSA) is 20.2 Å². The Kier molecular flexibility index (Phi) is 2.91. The van der Waals surface area contributed by atoms with E-state index in [2.05, 4.69) is 19.9 Å². The molecule has 0 aliphatic carbocycles. The highest BCUT2D eigenvalue weighted by atomic mass is 32.1. The third-order valence-electron chi connectivity index (χ3n) is 2.01. The molecular weight excluding hydrogens is 168 g/mol. The molecule has 1 aromatic rings. The number of hydrogen-bond donors (Lipinski definition) is 1. The van der Waals surface area contributed by atoms with Crippen LogP contribution in [0.2, 0.25) is 0 Å². The highest BCUT2D eigenvalue weighted by Crippen LogP contribution is 2.31. The SMILES string of the molecule is CCC[C@@](C)(O)c1ccc(C)s1. The van der Waals surface area contributed by atoms with Gasteiger partial charge in [-0.1, -0.05) is 13.3 Å². The summed E-state index contributed by atoms with van der Waals surface area (Å²) in [6, 6.07) is 4.08. The first kappa shape index (κ1) is 9.75. The number of hydrogen-bond acceptors (Lipinski definition) is 2. The second-order valence-electron chi connectivity index (χ2n) is 3.43. The molecule has 0 aromatic carbocycles. The van der Waals surface area contributed by atoms with Crippen molar-refractivity contribution in [3.8, 4) is 0 Å². The van der Waals surface area contributed by atoms with E-state index in [0.717, 1.165) is 17.7 Å². The Morgan fingerprint density at radius 1 is 1.50 bits per heavy atom. The molecule has 0 saturated heterocycles. The molecular formula is C10H16OS. The molecule has 1 rings (SSSR count). The minimum Gasteiger partial charge on any atom is -0.385 e. The molecule has 0 aliphatic heterocycles. The van der Waals surface area contributed by atoms with Crippen molar-refractivity contribution in [2.45, 2.75) is 39.2 Å². The molecule has 0 fully saturated rings. The predicted molar refractivity (Wildman–Crippen MR) is 53.5 cm³/mol. The minimum atomic E-state index is -0.617. The summed E-state index contributed by atoms with van der Waals surface area (Å²) in [4.78, 5) is 2.35. The number of aryl methyl sites for hydroxylation is 1. The molecule has 1 atom stereocenters. The van der Waals surface area contributed by atoms with Gasteiger partial charge in [-0.15, -0.1) is 11.3 Å². The quantitative estimate of drug-likeness (QED) is 0.765. The lowest BCUT2D eigenvalue weighted by Crippen LogP contribution is -2.18. The van der Waals surface area contributed by atoms with Crippen LogP contribution in [0.15, 0.2) is 12.1 Å². The Balaban J connectivity index is 2.81. The maximum atomic E-state index is 10.0. The molecule has 1 aromatic heterocycles. The largest absolute Gasteiger partial charge is 0.385 e. The molecule has 0 spiro atoms. The Morgan fingerprint density at radius 3 is 2.58 bits per heavy atom. The second kappa shape index (κ2) is 3.58. The molecule has 1 nitrogen and oxygen atoms in total. The van der Waals surface area contributed by atoms with E-state index in [9.17, 15) is 5.11 Å². The fraction of sp³-hybridized carbons (Fsp3) is 0.600. The monoisotopic (exact) mass is 184 g/mol. The van der Waals surface area contributed by atoms with Gasteiger partial charge >= 0.3 is 0 Å². The minimum absolute atomic E-state index is 0.617. The van der Waals surface area contributed by atoms with Gasteiger partial charge in [0, 0.05) is 9.75 Å². The standard InChI is InChI=1S/C10H16OS/c1-4-7-10(3,11)9-6-5-8(2)12-9/h5-6,11H,4,7H2,1-3H3/t10-/m1/s1. The molecule has 1 N–H and O–H groups in total. The van der Waals surface area contributed by atoms with Gasteiger partial charge in [0.15, 0.2) is 0 Å². The Bertz CT molecular complexity index is 250. The first-order valence-electron chi connectivity index (χ1n) is 4.35. The van der Waals surface area contributed by atoms with Crippen molar-refractivity contribution in [1.29, 1.82) is 0 Å². The number of thiophene rings is 1. The smallest absolute Gasteiger partial charge is 0.0959 e. The van der Waals surface area contributed by atoms with E-state index in [1.807, 2.05) is 13.0 Å². The second-order valence-corrected chi connectivity index (χ2v) is 4.72. The molecule has 0 amide bonds. The van der Waals surface area contributed by atoms with Crippen molar-refractivity contribution in [3.63, 3.8) is 0 Å². The van der Waals surface area contributed by atoms with Gasteiger partial charge in [-0.2, -0.15) is 0 Å². The van der Waals surface area contributed by atoms with Crippen molar-refractivity contribution in [2.24, 2.45) is 0 Å². The van der Waals surface area contributed by atoms with Gasteiger partial charge < -0.3 is 5.11 Å². The van der Waals surface area contributed by atoms with Crippen LogP contribution in [-0.2, 0) is 5.60 Å². The van der Waals surface area contributed by atoms with Gasteiger partial charge in [0.25, 0.3) is 0 Å². The van der Waals surface area contributed by atoms with E-state index in [4.69, 9.17) is 0 Å². The van der Waals surface area contributed by atoms with E-state index in [1.165, 1.54) is 4.88 Å². The number of aliphatic hydroxyl groups is 1. The first-order valence-corrected chi connectivity index (χ1v) is 5.17. The molecule has 2 heteroatoms. The zero-order valence-corrected chi connectivity index (χ0v) is 8.74. The maximum absolute atomic E-state index is 10.0. The average Bonchev–Trinajstić information content (AvgIpc) is 2.36. The van der Waals surface area contributed by atoms with Gasteiger partial charge in [0.05, 0.1) is 5.60 Å². The zero-order valence-electron chi connectivity index (χ0n) is 7.92. The van der Waals surface area contributed by atoms with Crippen LogP contribution in [0.3, 0.4) is 0 Å². The average molecular weight is 184 g/mol. The van der Waals surface area contributed by atoms with Gasteiger partial charge in [-0.05, 0) is 32.4 Å². The lowest BCUT2D eigenvalue weighted by atomic mass is 9.99. The molecule has 68 valence electrons. The van der Waals surface area contributed by atoms with Crippen LogP contribution >= 0.6 is 11.3 Å². The Morgan fingerprint density at radius 2 is 2.17 bits per heavy atom. The van der Waals surface area contributed by atoms with E-state index in [-0.39, 0.29) is 0 Å². The summed E-state index contributed by atoms with van der Waals surface area (Å²) in [6.45, 7) is 6.05. The van der Waals surface area contributed by atoms with E-state index in [0.29, 0.717) is 0 Å². The van der Waals surface area contributed by atoms with Crippen molar-refractivity contribution in [2.75, 3.05) is 0 Å². The molecule has 0 radical (unpaired) electrons. The number of rotatable bonds is 3. The summed E-state index contributed by atoms with van der Waals surface area (Å²) in [6.07, 6.45) is 1.86. The Hall–Kier alpha value is -0.340. The van der Waals surface area contributed by atoms with Crippen molar-refractivity contribution in [1.82, 2.24) is 0 Å². The first-order chi connectivity index (χ1) is 5.56. The van der Waals surface area contributed by atoms with E-state index >= 15 is 0 Å². The van der Waals surface area contributed by atoms with Gasteiger partial charge in [-0.25, -0.2) is 0 Å². The summed E-state index contributed by atoms with van der Waals surface area (Å²) in [7, 11) is 0. The zero-order chi connectivity index (χ0) is 9.19. The Labute approximate surface area is 78.1 Å². The van der Waals surface area contributed by atoms with Crippen LogP contribution in [-0.4, -0.2) is 5.11 Å². The molecule has 12 heavy (non-hydrogen) atoms. The van der Waals surface area contributed by atoms with Crippen LogP contribution in [0.1, 0.15) is 36.4 Å². The van der Waals surface area contributed by atoms with Crippen LogP contribution in [0.5, 0.6) is 0 Å². The lowest BCUT2D eigenvalue weighted by Gasteiger charge is -2.20. The van der Waals surface area contributed by atoms with Gasteiger partial charge in [0.2, 0.25) is 0 Å². The van der Waals surface area contributed by atoms with Gasteiger partial charge in [0.1, 0.15) is 0 Å². The summed E-state index contributed by atoms with van der Waals surface area (Å²) in [5.41, 5.74) is -0.617. The van der Waals surface area contributed by atoms with E-state index in [1.54, 1.807) is 11.3 Å². The maximum Gasteiger partial charge on any atom is 0.0959 e. The molecule has 0 aliphatic rings. The lowest BCUT2D eigenvalue weighted by molar-refractivity contribution is 0.0507. The third-order valence-corrected chi connectivity index (χ3v) is 3.26. The van der Waals surface area contributed by atoms with Crippen LogP contribution < -0.4 is 0 Å². The fourth-order valence-electron chi connectivity index (χ4n) is 1.33.